The van der Waals surface area contributed by atoms with Crippen molar-refractivity contribution >= 4 is 11.8 Å². The van der Waals surface area contributed by atoms with Crippen molar-refractivity contribution in [1.82, 2.24) is 5.32 Å². The number of primary amides is 1. The molecule has 1 aliphatic rings. The highest BCUT2D eigenvalue weighted by Crippen LogP contribution is 2.43. The van der Waals surface area contributed by atoms with Gasteiger partial charge in [0.25, 0.3) is 0 Å². The fraction of sp³-hybridized carbons (Fsp3) is 0.263. The molecule has 1 aliphatic carbocycles. The van der Waals surface area contributed by atoms with Gasteiger partial charge in [0.15, 0.2) is 0 Å². The van der Waals surface area contributed by atoms with Crippen LogP contribution >= 0.6 is 0 Å². The third kappa shape index (κ3) is 2.97. The summed E-state index contributed by atoms with van der Waals surface area (Å²) in [6.45, 7) is 0.397. The van der Waals surface area contributed by atoms with Gasteiger partial charge in [-0.1, -0.05) is 48.9 Å². The van der Waals surface area contributed by atoms with Gasteiger partial charge in [-0.05, 0) is 36.1 Å². The van der Waals surface area contributed by atoms with Crippen molar-refractivity contribution in [3.8, 4) is 0 Å². The average molecular weight is 308 g/mol. The fourth-order valence-electron chi connectivity index (χ4n) is 3.12. The molecule has 0 atom stereocenters. The van der Waals surface area contributed by atoms with E-state index in [2.05, 4.69) is 5.32 Å². The van der Waals surface area contributed by atoms with Crippen LogP contribution in [0.4, 0.5) is 0 Å². The predicted octanol–water partition coefficient (Wildman–Crippen LogP) is 2.52. The number of nitrogens with one attached hydrogen (secondary N) is 1. The van der Waals surface area contributed by atoms with E-state index in [9.17, 15) is 9.59 Å². The minimum absolute atomic E-state index is 0.0550. The SMILES string of the molecule is NC(=O)c1cccc(CNC(=O)C2(c3ccccc3)CCC2)c1. The third-order valence-electron chi connectivity index (χ3n) is 4.63. The zero-order chi connectivity index (χ0) is 16.3. The molecule has 0 spiro atoms. The van der Waals surface area contributed by atoms with Crippen LogP contribution in [0.3, 0.4) is 0 Å². The molecule has 0 aromatic heterocycles. The van der Waals surface area contributed by atoms with Crippen LogP contribution in [0.15, 0.2) is 54.6 Å². The number of rotatable bonds is 5. The Morgan fingerprint density at radius 1 is 1.04 bits per heavy atom. The maximum Gasteiger partial charge on any atom is 0.248 e. The summed E-state index contributed by atoms with van der Waals surface area (Å²) in [5.41, 5.74) is 7.30. The zero-order valence-electron chi connectivity index (χ0n) is 12.9. The number of hydrogen-bond acceptors (Lipinski definition) is 2. The van der Waals surface area contributed by atoms with Gasteiger partial charge in [-0.25, -0.2) is 0 Å². The first-order chi connectivity index (χ1) is 11.1. The minimum Gasteiger partial charge on any atom is -0.366 e. The van der Waals surface area contributed by atoms with E-state index in [4.69, 9.17) is 5.73 Å². The molecule has 4 nitrogen and oxygen atoms in total. The van der Waals surface area contributed by atoms with E-state index in [0.717, 1.165) is 30.4 Å². The first-order valence-corrected chi connectivity index (χ1v) is 7.84. The lowest BCUT2D eigenvalue weighted by molar-refractivity contribution is -0.130. The Morgan fingerprint density at radius 3 is 2.39 bits per heavy atom. The van der Waals surface area contributed by atoms with Gasteiger partial charge in [0, 0.05) is 12.1 Å². The molecule has 2 aromatic rings. The van der Waals surface area contributed by atoms with Gasteiger partial charge >= 0.3 is 0 Å². The number of carbonyl (C=O) groups is 2. The van der Waals surface area contributed by atoms with Crippen molar-refractivity contribution in [2.45, 2.75) is 31.2 Å². The molecule has 0 saturated heterocycles. The molecular formula is C19H20N2O2. The molecule has 3 rings (SSSR count). The molecule has 1 fully saturated rings. The van der Waals surface area contributed by atoms with Crippen LogP contribution in [0.2, 0.25) is 0 Å². The lowest BCUT2D eigenvalue weighted by Gasteiger charge is -2.40. The number of amides is 2. The maximum absolute atomic E-state index is 12.7. The molecule has 0 aliphatic heterocycles. The Balaban J connectivity index is 1.72. The van der Waals surface area contributed by atoms with E-state index >= 15 is 0 Å². The number of benzene rings is 2. The van der Waals surface area contributed by atoms with Crippen molar-refractivity contribution < 1.29 is 9.59 Å². The average Bonchev–Trinajstić information content (AvgIpc) is 2.53. The van der Waals surface area contributed by atoms with Crippen LogP contribution in [0.5, 0.6) is 0 Å². The first-order valence-electron chi connectivity index (χ1n) is 7.84. The van der Waals surface area contributed by atoms with Crippen molar-refractivity contribution in [1.29, 1.82) is 0 Å². The minimum atomic E-state index is -0.460. The number of hydrogen-bond donors (Lipinski definition) is 2. The van der Waals surface area contributed by atoms with Gasteiger partial charge < -0.3 is 11.1 Å². The van der Waals surface area contributed by atoms with Gasteiger partial charge in [-0.2, -0.15) is 0 Å². The van der Waals surface area contributed by atoms with Crippen molar-refractivity contribution in [2.24, 2.45) is 5.73 Å². The van der Waals surface area contributed by atoms with Gasteiger partial charge in [0.05, 0.1) is 5.41 Å². The molecule has 2 aromatic carbocycles. The van der Waals surface area contributed by atoms with Crippen molar-refractivity contribution in [3.63, 3.8) is 0 Å². The Bertz CT molecular complexity index is 721. The quantitative estimate of drug-likeness (QED) is 0.891. The lowest BCUT2D eigenvalue weighted by Crippen LogP contribution is -2.48. The van der Waals surface area contributed by atoms with Crippen LogP contribution in [0, 0.1) is 0 Å². The third-order valence-corrected chi connectivity index (χ3v) is 4.63. The summed E-state index contributed by atoms with van der Waals surface area (Å²) in [6.07, 6.45) is 2.83. The monoisotopic (exact) mass is 308 g/mol. The summed E-state index contributed by atoms with van der Waals surface area (Å²) in [5.74, 6) is -0.405. The Labute approximate surface area is 135 Å². The van der Waals surface area contributed by atoms with E-state index in [1.807, 2.05) is 36.4 Å². The number of nitrogens with two attached hydrogens (primary N) is 1. The Kier molecular flexibility index (Phi) is 4.15. The predicted molar refractivity (Wildman–Crippen MR) is 88.8 cm³/mol. The second kappa shape index (κ2) is 6.24. The van der Waals surface area contributed by atoms with Crippen LogP contribution in [-0.4, -0.2) is 11.8 Å². The van der Waals surface area contributed by atoms with Gasteiger partial charge in [-0.3, -0.25) is 9.59 Å². The van der Waals surface area contributed by atoms with Gasteiger partial charge in [0.2, 0.25) is 11.8 Å². The molecule has 3 N–H and O–H groups in total. The second-order valence-electron chi connectivity index (χ2n) is 6.05. The summed E-state index contributed by atoms with van der Waals surface area (Å²) >= 11 is 0. The summed E-state index contributed by atoms with van der Waals surface area (Å²) in [4.78, 5) is 24.0. The normalized spacial score (nSPS) is 15.5. The van der Waals surface area contributed by atoms with E-state index in [-0.39, 0.29) is 5.91 Å². The zero-order valence-corrected chi connectivity index (χ0v) is 12.9. The van der Waals surface area contributed by atoms with E-state index < -0.39 is 11.3 Å². The molecule has 118 valence electrons. The van der Waals surface area contributed by atoms with Gasteiger partial charge in [-0.15, -0.1) is 0 Å². The molecule has 2 amide bonds. The molecular weight excluding hydrogens is 288 g/mol. The molecule has 23 heavy (non-hydrogen) atoms. The molecule has 1 saturated carbocycles. The highest BCUT2D eigenvalue weighted by Gasteiger charge is 2.45. The fourth-order valence-corrected chi connectivity index (χ4v) is 3.12. The highest BCUT2D eigenvalue weighted by molar-refractivity contribution is 5.93. The Morgan fingerprint density at radius 2 is 1.78 bits per heavy atom. The van der Waals surface area contributed by atoms with Crippen molar-refractivity contribution in [3.05, 3.63) is 71.3 Å². The van der Waals surface area contributed by atoms with Crippen molar-refractivity contribution in [2.75, 3.05) is 0 Å². The van der Waals surface area contributed by atoms with Crippen LogP contribution in [-0.2, 0) is 16.8 Å². The largest absolute Gasteiger partial charge is 0.366 e. The van der Waals surface area contributed by atoms with Crippen LogP contribution in [0.25, 0.3) is 0 Å². The Hall–Kier alpha value is -2.62. The summed E-state index contributed by atoms with van der Waals surface area (Å²) in [7, 11) is 0. The summed E-state index contributed by atoms with van der Waals surface area (Å²) in [6, 6.07) is 17.0. The van der Waals surface area contributed by atoms with E-state index in [1.165, 1.54) is 0 Å². The molecule has 0 heterocycles. The molecule has 0 radical (unpaired) electrons. The topological polar surface area (TPSA) is 72.2 Å². The lowest BCUT2D eigenvalue weighted by atomic mass is 9.64. The maximum atomic E-state index is 12.7. The van der Waals surface area contributed by atoms with E-state index in [1.54, 1.807) is 18.2 Å². The van der Waals surface area contributed by atoms with E-state index in [0.29, 0.717) is 12.1 Å². The summed E-state index contributed by atoms with van der Waals surface area (Å²) in [5, 5.41) is 3.02. The van der Waals surface area contributed by atoms with Gasteiger partial charge in [0.1, 0.15) is 0 Å². The molecule has 0 bridgehead atoms. The smallest absolute Gasteiger partial charge is 0.248 e. The van der Waals surface area contributed by atoms with Crippen LogP contribution in [0.1, 0.15) is 40.7 Å². The molecule has 4 heteroatoms. The molecule has 0 unspecified atom stereocenters. The standard InChI is InChI=1S/C19H20N2O2/c20-17(22)15-7-4-6-14(12-15)13-21-18(23)19(10-5-11-19)16-8-2-1-3-9-16/h1-4,6-9,12H,5,10-11,13H2,(H2,20,22)(H,21,23). The first kappa shape index (κ1) is 15.3. The highest BCUT2D eigenvalue weighted by atomic mass is 16.2. The second-order valence-corrected chi connectivity index (χ2v) is 6.05. The number of carbonyl (C=O) groups excluding carboxylic acids is 2. The van der Waals surface area contributed by atoms with Crippen LogP contribution < -0.4 is 11.1 Å². The summed E-state index contributed by atoms with van der Waals surface area (Å²) < 4.78 is 0.